The summed E-state index contributed by atoms with van der Waals surface area (Å²) in [6.45, 7) is -0.201. The molecular weight excluding hydrogens is 181 g/mol. The third-order valence-corrected chi connectivity index (χ3v) is 2.84. The van der Waals surface area contributed by atoms with E-state index in [2.05, 4.69) is 0 Å². The molecule has 2 rings (SSSR count). The topological polar surface area (TPSA) is 46.2 Å². The first kappa shape index (κ1) is 9.62. The van der Waals surface area contributed by atoms with Crippen LogP contribution in [-0.4, -0.2) is 11.7 Å². The summed E-state index contributed by atoms with van der Waals surface area (Å²) >= 11 is 0. The fourth-order valence-corrected chi connectivity index (χ4v) is 2.16. The van der Waals surface area contributed by atoms with Crippen molar-refractivity contribution in [2.45, 2.75) is 25.3 Å². The molecule has 14 heavy (non-hydrogen) atoms. The Kier molecular flexibility index (Phi) is 2.52. The molecule has 1 aliphatic rings. The first-order valence-corrected chi connectivity index (χ1v) is 4.90. The Morgan fingerprint density at radius 2 is 2.21 bits per heavy atom. The largest absolute Gasteiger partial charge is 0.394 e. The summed E-state index contributed by atoms with van der Waals surface area (Å²) in [5.74, 6) is -0.285. The van der Waals surface area contributed by atoms with Crippen LogP contribution in [0, 0.1) is 5.82 Å². The van der Waals surface area contributed by atoms with Gasteiger partial charge in [-0.15, -0.1) is 0 Å². The van der Waals surface area contributed by atoms with Crippen molar-refractivity contribution in [1.29, 1.82) is 0 Å². The lowest BCUT2D eigenvalue weighted by molar-refractivity contribution is 0.265. The fourth-order valence-electron chi connectivity index (χ4n) is 2.16. The molecule has 0 saturated heterocycles. The number of hydrogen-bond acceptors (Lipinski definition) is 2. The molecule has 0 spiro atoms. The maximum absolute atomic E-state index is 13.5. The summed E-state index contributed by atoms with van der Waals surface area (Å²) in [7, 11) is 0. The highest BCUT2D eigenvalue weighted by molar-refractivity contribution is 5.41. The van der Waals surface area contributed by atoms with Crippen LogP contribution in [0.3, 0.4) is 0 Å². The van der Waals surface area contributed by atoms with Crippen molar-refractivity contribution in [2.75, 3.05) is 6.61 Å². The molecule has 1 aromatic carbocycles. The zero-order chi connectivity index (χ0) is 10.1. The Bertz CT molecular complexity index is 351. The van der Waals surface area contributed by atoms with Crippen LogP contribution in [-0.2, 0) is 12.8 Å². The van der Waals surface area contributed by atoms with Gasteiger partial charge in [0, 0.05) is 5.56 Å². The summed E-state index contributed by atoms with van der Waals surface area (Å²) in [6.07, 6.45) is 2.95. The van der Waals surface area contributed by atoms with Gasteiger partial charge in [0.1, 0.15) is 5.82 Å². The van der Waals surface area contributed by atoms with Crippen molar-refractivity contribution in [3.8, 4) is 0 Å². The van der Waals surface area contributed by atoms with E-state index in [0.29, 0.717) is 5.56 Å². The first-order valence-electron chi connectivity index (χ1n) is 4.90. The molecule has 1 aromatic rings. The molecule has 1 atom stereocenters. The van der Waals surface area contributed by atoms with E-state index in [-0.39, 0.29) is 12.4 Å². The number of aryl methyl sites for hydroxylation is 1. The fraction of sp³-hybridized carbons (Fsp3) is 0.455. The van der Waals surface area contributed by atoms with E-state index < -0.39 is 6.04 Å². The quantitative estimate of drug-likeness (QED) is 0.747. The van der Waals surface area contributed by atoms with E-state index in [1.165, 1.54) is 11.6 Å². The van der Waals surface area contributed by atoms with Gasteiger partial charge in [-0.05, 0) is 36.5 Å². The molecule has 0 unspecified atom stereocenters. The lowest BCUT2D eigenvalue weighted by atomic mass is 9.97. The Balaban J connectivity index is 2.51. The van der Waals surface area contributed by atoms with Crippen LogP contribution >= 0.6 is 0 Å². The third-order valence-electron chi connectivity index (χ3n) is 2.84. The van der Waals surface area contributed by atoms with Gasteiger partial charge in [0.2, 0.25) is 0 Å². The molecule has 1 aliphatic carbocycles. The van der Waals surface area contributed by atoms with Gasteiger partial charge in [-0.2, -0.15) is 0 Å². The van der Waals surface area contributed by atoms with Crippen molar-refractivity contribution in [3.05, 3.63) is 34.6 Å². The van der Waals surface area contributed by atoms with Gasteiger partial charge in [0.05, 0.1) is 12.6 Å². The Morgan fingerprint density at radius 3 is 2.93 bits per heavy atom. The summed E-state index contributed by atoms with van der Waals surface area (Å²) in [5, 5.41) is 8.95. The summed E-state index contributed by atoms with van der Waals surface area (Å²) in [6, 6.07) is 2.70. The van der Waals surface area contributed by atoms with Gasteiger partial charge >= 0.3 is 0 Å². The van der Waals surface area contributed by atoms with E-state index in [0.717, 1.165) is 24.8 Å². The average molecular weight is 195 g/mol. The average Bonchev–Trinajstić information content (AvgIpc) is 2.64. The Hall–Kier alpha value is -0.930. The monoisotopic (exact) mass is 195 g/mol. The van der Waals surface area contributed by atoms with Crippen molar-refractivity contribution in [3.63, 3.8) is 0 Å². The number of hydrogen-bond donors (Lipinski definition) is 2. The molecule has 0 fully saturated rings. The minimum atomic E-state index is -0.581. The molecule has 76 valence electrons. The smallest absolute Gasteiger partial charge is 0.128 e. The minimum absolute atomic E-state index is 0.201. The number of rotatable bonds is 2. The second kappa shape index (κ2) is 3.67. The standard InChI is InChI=1S/C11H14FNO/c12-9-5-4-7-2-1-3-8(7)11(9)10(13)6-14/h4-5,10,14H,1-3,6,13H2/t10-/m1/s1. The minimum Gasteiger partial charge on any atom is -0.394 e. The van der Waals surface area contributed by atoms with Crippen LogP contribution in [0.25, 0.3) is 0 Å². The zero-order valence-electron chi connectivity index (χ0n) is 7.96. The van der Waals surface area contributed by atoms with Crippen LogP contribution in [0.15, 0.2) is 12.1 Å². The van der Waals surface area contributed by atoms with E-state index in [4.69, 9.17) is 10.8 Å². The van der Waals surface area contributed by atoms with Crippen LogP contribution in [0.5, 0.6) is 0 Å². The van der Waals surface area contributed by atoms with Crippen molar-refractivity contribution in [2.24, 2.45) is 5.73 Å². The summed E-state index contributed by atoms with van der Waals surface area (Å²) in [4.78, 5) is 0. The SMILES string of the molecule is N[C@H](CO)c1c(F)ccc2c1CCC2. The number of fused-ring (bicyclic) bond motifs is 1. The first-order chi connectivity index (χ1) is 6.74. The lowest BCUT2D eigenvalue weighted by Gasteiger charge is -2.14. The Morgan fingerprint density at radius 1 is 1.43 bits per heavy atom. The van der Waals surface area contributed by atoms with Gasteiger partial charge in [0.15, 0.2) is 0 Å². The van der Waals surface area contributed by atoms with Crippen molar-refractivity contribution < 1.29 is 9.50 Å². The number of aliphatic hydroxyl groups is 1. The van der Waals surface area contributed by atoms with Gasteiger partial charge in [-0.25, -0.2) is 4.39 Å². The van der Waals surface area contributed by atoms with E-state index in [9.17, 15) is 4.39 Å². The zero-order valence-corrected chi connectivity index (χ0v) is 7.96. The van der Waals surface area contributed by atoms with Crippen molar-refractivity contribution in [1.82, 2.24) is 0 Å². The van der Waals surface area contributed by atoms with Gasteiger partial charge < -0.3 is 10.8 Å². The molecule has 0 aromatic heterocycles. The second-order valence-electron chi connectivity index (χ2n) is 3.74. The van der Waals surface area contributed by atoms with E-state index in [1.807, 2.05) is 6.07 Å². The van der Waals surface area contributed by atoms with Crippen molar-refractivity contribution >= 4 is 0 Å². The number of aliphatic hydroxyl groups excluding tert-OH is 1. The van der Waals surface area contributed by atoms with Gasteiger partial charge in [-0.1, -0.05) is 6.07 Å². The predicted octanol–water partition coefficient (Wildman–Crippen LogP) is 1.31. The lowest BCUT2D eigenvalue weighted by Crippen LogP contribution is -2.18. The predicted molar refractivity (Wildman–Crippen MR) is 52.4 cm³/mol. The molecular formula is C11H14FNO. The highest BCUT2D eigenvalue weighted by Crippen LogP contribution is 2.30. The second-order valence-corrected chi connectivity index (χ2v) is 3.74. The van der Waals surface area contributed by atoms with Crippen LogP contribution in [0.2, 0.25) is 0 Å². The number of benzene rings is 1. The molecule has 0 radical (unpaired) electrons. The Labute approximate surface area is 82.5 Å². The number of halogens is 1. The molecule has 0 bridgehead atoms. The molecule has 0 amide bonds. The van der Waals surface area contributed by atoms with E-state index in [1.54, 1.807) is 0 Å². The summed E-state index contributed by atoms with van der Waals surface area (Å²) < 4.78 is 13.5. The normalized spacial score (nSPS) is 16.8. The molecule has 0 aliphatic heterocycles. The maximum Gasteiger partial charge on any atom is 0.128 e. The third kappa shape index (κ3) is 1.42. The van der Waals surface area contributed by atoms with Gasteiger partial charge in [0.25, 0.3) is 0 Å². The highest BCUT2D eigenvalue weighted by Gasteiger charge is 2.21. The van der Waals surface area contributed by atoms with Gasteiger partial charge in [-0.3, -0.25) is 0 Å². The van der Waals surface area contributed by atoms with E-state index >= 15 is 0 Å². The van der Waals surface area contributed by atoms with Crippen LogP contribution in [0.1, 0.15) is 29.2 Å². The molecule has 0 heterocycles. The van der Waals surface area contributed by atoms with Crippen LogP contribution < -0.4 is 5.73 Å². The summed E-state index contributed by atoms with van der Waals surface area (Å²) in [5.41, 5.74) is 8.40. The van der Waals surface area contributed by atoms with Crippen LogP contribution in [0.4, 0.5) is 4.39 Å². The molecule has 2 nitrogen and oxygen atoms in total. The highest BCUT2D eigenvalue weighted by atomic mass is 19.1. The molecule has 3 N–H and O–H groups in total. The number of nitrogens with two attached hydrogens (primary N) is 1. The maximum atomic E-state index is 13.5. The molecule has 3 heteroatoms. The molecule has 0 saturated carbocycles.